The molecule has 19 heteroatoms. The van der Waals surface area contributed by atoms with Crippen LogP contribution in [0.5, 0.6) is 0 Å². The summed E-state index contributed by atoms with van der Waals surface area (Å²) in [5.74, 6) is -2.12. The zero-order chi connectivity index (χ0) is 68.2. The minimum absolute atomic E-state index is 0.106. The first-order valence-electron chi connectivity index (χ1n) is 38.8. The molecule has 0 rings (SSSR count). The molecule has 0 saturated carbocycles. The zero-order valence-corrected chi connectivity index (χ0v) is 62.0. The van der Waals surface area contributed by atoms with Crippen molar-refractivity contribution in [3.63, 3.8) is 0 Å². The molecule has 0 aliphatic heterocycles. The molecule has 552 valence electrons. The number of rotatable bonds is 75. The molecule has 0 amide bonds. The van der Waals surface area contributed by atoms with Crippen molar-refractivity contribution < 1.29 is 80.2 Å². The Bertz CT molecular complexity index is 1770. The van der Waals surface area contributed by atoms with Gasteiger partial charge in [0.25, 0.3) is 0 Å². The summed E-state index contributed by atoms with van der Waals surface area (Å²) in [5, 5.41) is 10.6. The molecule has 0 fully saturated rings. The second kappa shape index (κ2) is 68.6. The molecule has 0 aromatic heterocycles. The summed E-state index contributed by atoms with van der Waals surface area (Å²) in [7, 11) is -9.90. The van der Waals surface area contributed by atoms with E-state index in [9.17, 15) is 43.2 Å². The van der Waals surface area contributed by atoms with Gasteiger partial charge in [-0.15, -0.1) is 0 Å². The highest BCUT2D eigenvalue weighted by Crippen LogP contribution is 2.45. The predicted molar refractivity (Wildman–Crippen MR) is 377 cm³/mol. The van der Waals surface area contributed by atoms with E-state index in [1.54, 1.807) is 0 Å². The van der Waals surface area contributed by atoms with E-state index >= 15 is 0 Å². The fourth-order valence-electron chi connectivity index (χ4n) is 11.4. The topological polar surface area (TPSA) is 237 Å². The average Bonchev–Trinajstić information content (AvgIpc) is 3.14. The van der Waals surface area contributed by atoms with Crippen LogP contribution in [-0.2, 0) is 65.4 Å². The minimum atomic E-state index is -4.95. The van der Waals surface area contributed by atoms with Gasteiger partial charge in [-0.3, -0.25) is 37.3 Å². The molecule has 93 heavy (non-hydrogen) atoms. The zero-order valence-electron chi connectivity index (χ0n) is 60.2. The molecule has 0 heterocycles. The fourth-order valence-corrected chi connectivity index (χ4v) is 13.0. The van der Waals surface area contributed by atoms with Gasteiger partial charge in [0.05, 0.1) is 26.4 Å². The molecule has 0 bridgehead atoms. The summed E-state index contributed by atoms with van der Waals surface area (Å²) in [4.78, 5) is 72.5. The standard InChI is InChI=1S/C74H144O17P2/c1-5-9-13-17-21-25-27-29-31-33-34-35-36-38-40-42-45-49-53-57-61-74(79)91-70(65-85-72(77)59-55-51-47-44-41-39-37-32-30-28-26-22-18-14-10-6-2)67-89-93(82,83)87-63-68(75)62-86-92(80,81)88-66-69(64-84-71(76)58-54-50-46-24-20-16-12-8-4)90-73(78)60-56-52-48-43-23-19-15-11-7-3/h68-70,75H,5-67H2,1-4H3,(H,80,81)(H,82,83)/t68-,69+,70+/m0/s1. The summed E-state index contributed by atoms with van der Waals surface area (Å²) in [5.41, 5.74) is 0. The number of phosphoric ester groups is 2. The molecule has 17 nitrogen and oxygen atoms in total. The van der Waals surface area contributed by atoms with E-state index in [1.165, 1.54) is 218 Å². The van der Waals surface area contributed by atoms with Crippen LogP contribution in [0.15, 0.2) is 0 Å². The van der Waals surface area contributed by atoms with Gasteiger partial charge in [-0.05, 0) is 25.7 Å². The van der Waals surface area contributed by atoms with Crippen LogP contribution >= 0.6 is 15.6 Å². The molecule has 0 saturated heterocycles. The number of carbonyl (C=O) groups is 4. The maximum Gasteiger partial charge on any atom is 0.472 e. The van der Waals surface area contributed by atoms with Crippen LogP contribution in [0.1, 0.15) is 394 Å². The lowest BCUT2D eigenvalue weighted by molar-refractivity contribution is -0.161. The Morgan fingerprint density at radius 3 is 0.634 bits per heavy atom. The van der Waals surface area contributed by atoms with Gasteiger partial charge in [-0.1, -0.05) is 342 Å². The van der Waals surface area contributed by atoms with Gasteiger partial charge in [0.1, 0.15) is 19.3 Å². The van der Waals surface area contributed by atoms with E-state index in [4.69, 9.17) is 37.0 Å². The van der Waals surface area contributed by atoms with Crippen molar-refractivity contribution >= 4 is 39.5 Å². The second-order valence-corrected chi connectivity index (χ2v) is 29.6. The number of ether oxygens (including phenoxy) is 4. The van der Waals surface area contributed by atoms with Gasteiger partial charge in [0.15, 0.2) is 12.2 Å². The normalized spacial score (nSPS) is 13.9. The van der Waals surface area contributed by atoms with Crippen LogP contribution in [0.25, 0.3) is 0 Å². The number of carbonyl (C=O) groups excluding carboxylic acids is 4. The number of aliphatic hydroxyl groups excluding tert-OH is 1. The van der Waals surface area contributed by atoms with Crippen LogP contribution < -0.4 is 0 Å². The molecule has 0 aliphatic rings. The van der Waals surface area contributed by atoms with E-state index in [0.717, 1.165) is 96.3 Å². The van der Waals surface area contributed by atoms with Crippen LogP contribution in [0.2, 0.25) is 0 Å². The molecular formula is C74H144O17P2. The minimum Gasteiger partial charge on any atom is -0.462 e. The number of aliphatic hydroxyl groups is 1. The molecule has 0 spiro atoms. The van der Waals surface area contributed by atoms with Gasteiger partial charge < -0.3 is 33.8 Å². The third-order valence-electron chi connectivity index (χ3n) is 17.4. The second-order valence-electron chi connectivity index (χ2n) is 26.7. The highest BCUT2D eigenvalue weighted by molar-refractivity contribution is 7.47. The van der Waals surface area contributed by atoms with Crippen LogP contribution in [0.3, 0.4) is 0 Å². The van der Waals surface area contributed by atoms with Gasteiger partial charge in [0, 0.05) is 25.7 Å². The van der Waals surface area contributed by atoms with Gasteiger partial charge >= 0.3 is 39.5 Å². The lowest BCUT2D eigenvalue weighted by Crippen LogP contribution is -2.30. The van der Waals surface area contributed by atoms with Crippen LogP contribution in [0, 0.1) is 0 Å². The summed E-state index contributed by atoms with van der Waals surface area (Å²) < 4.78 is 68.3. The molecular weight excluding hydrogens is 1220 g/mol. The Kier molecular flexibility index (Phi) is 67.1. The monoisotopic (exact) mass is 1370 g/mol. The third-order valence-corrected chi connectivity index (χ3v) is 19.3. The molecule has 0 aromatic rings. The third kappa shape index (κ3) is 68.4. The maximum atomic E-state index is 13.1. The van der Waals surface area contributed by atoms with Crippen molar-refractivity contribution in [2.45, 2.75) is 412 Å². The molecule has 3 N–H and O–H groups in total. The molecule has 0 aliphatic carbocycles. The number of phosphoric acid groups is 2. The first-order valence-corrected chi connectivity index (χ1v) is 41.8. The Balaban J connectivity index is 5.16. The number of hydrogen-bond acceptors (Lipinski definition) is 15. The van der Waals surface area contributed by atoms with Crippen molar-refractivity contribution in [2.75, 3.05) is 39.6 Å². The van der Waals surface area contributed by atoms with E-state index in [-0.39, 0.29) is 25.7 Å². The van der Waals surface area contributed by atoms with Gasteiger partial charge in [-0.25, -0.2) is 9.13 Å². The number of unbranched alkanes of at least 4 members (excludes halogenated alkanes) is 49. The van der Waals surface area contributed by atoms with E-state index in [2.05, 4.69) is 27.7 Å². The molecule has 0 aromatic carbocycles. The Hall–Kier alpha value is -1.94. The predicted octanol–water partition coefficient (Wildman–Crippen LogP) is 21.8. The maximum absolute atomic E-state index is 13.1. The molecule has 0 radical (unpaired) electrons. The van der Waals surface area contributed by atoms with Crippen molar-refractivity contribution in [3.05, 3.63) is 0 Å². The highest BCUT2D eigenvalue weighted by Gasteiger charge is 2.30. The van der Waals surface area contributed by atoms with Gasteiger partial charge in [-0.2, -0.15) is 0 Å². The summed E-state index contributed by atoms with van der Waals surface area (Å²) in [6, 6.07) is 0. The summed E-state index contributed by atoms with van der Waals surface area (Å²) in [6.07, 6.45) is 58.4. The van der Waals surface area contributed by atoms with Crippen molar-refractivity contribution in [1.29, 1.82) is 0 Å². The largest absolute Gasteiger partial charge is 0.472 e. The Morgan fingerprint density at radius 1 is 0.258 bits per heavy atom. The van der Waals surface area contributed by atoms with Crippen LogP contribution in [0.4, 0.5) is 0 Å². The van der Waals surface area contributed by atoms with Gasteiger partial charge in [0.2, 0.25) is 0 Å². The molecule has 5 atom stereocenters. The van der Waals surface area contributed by atoms with Crippen LogP contribution in [-0.4, -0.2) is 96.7 Å². The molecule has 2 unspecified atom stereocenters. The quantitative estimate of drug-likeness (QED) is 0.0222. The Labute approximate surface area is 568 Å². The number of hydrogen-bond donors (Lipinski definition) is 3. The smallest absolute Gasteiger partial charge is 0.462 e. The summed E-state index contributed by atoms with van der Waals surface area (Å²) in [6.45, 7) is 4.93. The first-order chi connectivity index (χ1) is 45.2. The fraction of sp³-hybridized carbons (Fsp3) is 0.946. The lowest BCUT2D eigenvalue weighted by atomic mass is 10.0. The lowest BCUT2D eigenvalue weighted by Gasteiger charge is -2.21. The van der Waals surface area contributed by atoms with E-state index < -0.39 is 97.5 Å². The Morgan fingerprint density at radius 2 is 0.430 bits per heavy atom. The summed E-state index contributed by atoms with van der Waals surface area (Å²) >= 11 is 0. The highest BCUT2D eigenvalue weighted by atomic mass is 31.2. The average molecular weight is 1370 g/mol. The van der Waals surface area contributed by atoms with E-state index in [0.29, 0.717) is 25.7 Å². The SMILES string of the molecule is CCCCCCCCCCCCCCCCCCCCCCC(=O)O[C@H](COC(=O)CCCCCCCCCCCCCCCCCC)COP(=O)(O)OC[C@@H](O)COP(=O)(O)OC[C@@H](COC(=O)CCCCCCCCCC)OC(=O)CCCCCCCCCCC. The van der Waals surface area contributed by atoms with Crippen molar-refractivity contribution in [1.82, 2.24) is 0 Å². The van der Waals surface area contributed by atoms with Crippen molar-refractivity contribution in [3.8, 4) is 0 Å². The number of esters is 4. The van der Waals surface area contributed by atoms with E-state index in [1.807, 2.05) is 0 Å². The first kappa shape index (κ1) is 91.1. The van der Waals surface area contributed by atoms with Crippen molar-refractivity contribution in [2.24, 2.45) is 0 Å².